The fourth-order valence-corrected chi connectivity index (χ4v) is 4.43. The van der Waals surface area contributed by atoms with Crippen molar-refractivity contribution >= 4 is 27.9 Å². The average molecular weight is 331 g/mol. The van der Waals surface area contributed by atoms with E-state index in [0.717, 1.165) is 32.5 Å². The summed E-state index contributed by atoms with van der Waals surface area (Å²) in [5.74, 6) is 0.288. The maximum atomic E-state index is 11.9. The zero-order valence-corrected chi connectivity index (χ0v) is 14.0. The number of rotatable bonds is 2. The van der Waals surface area contributed by atoms with Crippen molar-refractivity contribution in [1.82, 2.24) is 4.90 Å². The highest BCUT2D eigenvalue weighted by Gasteiger charge is 2.26. The van der Waals surface area contributed by atoms with Gasteiger partial charge in [0.1, 0.15) is 0 Å². The molecule has 0 radical (unpaired) electrons. The van der Waals surface area contributed by atoms with E-state index in [-0.39, 0.29) is 23.4 Å². The number of nitrogens with zero attached hydrogens (tertiary/aromatic N) is 1. The molecule has 0 amide bonds. The lowest BCUT2D eigenvalue weighted by atomic mass is 10.1. The van der Waals surface area contributed by atoms with Crippen molar-refractivity contribution in [2.45, 2.75) is 31.6 Å². The van der Waals surface area contributed by atoms with E-state index in [9.17, 15) is 8.42 Å². The van der Waals surface area contributed by atoms with E-state index in [4.69, 9.17) is 0 Å². The Balaban J connectivity index is 0.00000161. The molecule has 6 heteroatoms. The first-order valence-electron chi connectivity index (χ1n) is 7.35. The molecule has 2 aliphatic rings. The highest BCUT2D eigenvalue weighted by Crippen LogP contribution is 2.28. The van der Waals surface area contributed by atoms with Crippen LogP contribution in [0.2, 0.25) is 0 Å². The Morgan fingerprint density at radius 1 is 1.33 bits per heavy atom. The van der Waals surface area contributed by atoms with Crippen LogP contribution in [0.5, 0.6) is 0 Å². The topological polar surface area (TPSA) is 49.4 Å². The van der Waals surface area contributed by atoms with Gasteiger partial charge in [-0.3, -0.25) is 4.90 Å². The number of hydrogen-bond donors (Lipinski definition) is 1. The van der Waals surface area contributed by atoms with Gasteiger partial charge in [0.15, 0.2) is 9.84 Å². The SMILES string of the molecule is CC1CCN(Cc2cccc3c2NCC3)CCS1(=O)=O.Cl. The lowest BCUT2D eigenvalue weighted by molar-refractivity contribution is 0.284. The summed E-state index contributed by atoms with van der Waals surface area (Å²) in [6.45, 7) is 5.21. The third-order valence-corrected chi connectivity index (χ3v) is 6.70. The molecule has 2 aliphatic heterocycles. The maximum absolute atomic E-state index is 11.9. The Hall–Kier alpha value is -0.780. The van der Waals surface area contributed by atoms with Crippen molar-refractivity contribution in [3.05, 3.63) is 29.3 Å². The summed E-state index contributed by atoms with van der Waals surface area (Å²) in [6.07, 6.45) is 1.83. The number of nitrogens with one attached hydrogen (secondary N) is 1. The molecule has 1 aromatic carbocycles. The monoisotopic (exact) mass is 330 g/mol. The molecule has 1 saturated heterocycles. The van der Waals surface area contributed by atoms with Crippen LogP contribution in [0.15, 0.2) is 18.2 Å². The summed E-state index contributed by atoms with van der Waals surface area (Å²) in [5.41, 5.74) is 3.96. The second-order valence-corrected chi connectivity index (χ2v) is 8.41. The Kier molecular flexibility index (Phi) is 5.17. The van der Waals surface area contributed by atoms with Crippen molar-refractivity contribution < 1.29 is 8.42 Å². The molecule has 21 heavy (non-hydrogen) atoms. The van der Waals surface area contributed by atoms with E-state index >= 15 is 0 Å². The predicted octanol–water partition coefficient (Wildman–Crippen LogP) is 2.09. The van der Waals surface area contributed by atoms with Gasteiger partial charge < -0.3 is 5.32 Å². The fourth-order valence-electron chi connectivity index (χ4n) is 3.05. The number of hydrogen-bond acceptors (Lipinski definition) is 4. The highest BCUT2D eigenvalue weighted by atomic mass is 35.5. The minimum atomic E-state index is -2.89. The molecule has 0 bridgehead atoms. The molecule has 1 fully saturated rings. The van der Waals surface area contributed by atoms with Crippen LogP contribution in [0.3, 0.4) is 0 Å². The van der Waals surface area contributed by atoms with Gasteiger partial charge in [-0.2, -0.15) is 0 Å². The van der Waals surface area contributed by atoms with Gasteiger partial charge in [0, 0.05) is 25.3 Å². The van der Waals surface area contributed by atoms with E-state index in [0.29, 0.717) is 6.54 Å². The molecular weight excluding hydrogens is 308 g/mol. The molecule has 0 saturated carbocycles. The lowest BCUT2D eigenvalue weighted by Gasteiger charge is -2.21. The second-order valence-electron chi connectivity index (χ2n) is 5.87. The van der Waals surface area contributed by atoms with Crippen LogP contribution in [0.25, 0.3) is 0 Å². The van der Waals surface area contributed by atoms with Crippen LogP contribution in [0, 0.1) is 0 Å². The van der Waals surface area contributed by atoms with Crippen LogP contribution >= 0.6 is 12.4 Å². The van der Waals surface area contributed by atoms with Crippen molar-refractivity contribution in [2.75, 3.05) is 30.7 Å². The zero-order chi connectivity index (χ0) is 14.2. The van der Waals surface area contributed by atoms with Crippen LogP contribution in [0.1, 0.15) is 24.5 Å². The fraction of sp³-hybridized carbons (Fsp3) is 0.600. The van der Waals surface area contributed by atoms with Gasteiger partial charge in [-0.25, -0.2) is 8.42 Å². The molecule has 2 heterocycles. The molecule has 0 aliphatic carbocycles. The van der Waals surface area contributed by atoms with Gasteiger partial charge in [-0.15, -0.1) is 12.4 Å². The Morgan fingerprint density at radius 2 is 2.14 bits per heavy atom. The third kappa shape index (κ3) is 3.52. The van der Waals surface area contributed by atoms with Gasteiger partial charge in [-0.05, 0) is 37.4 Å². The molecule has 1 aromatic rings. The van der Waals surface area contributed by atoms with Gasteiger partial charge in [-0.1, -0.05) is 18.2 Å². The van der Waals surface area contributed by atoms with Gasteiger partial charge >= 0.3 is 0 Å². The van der Waals surface area contributed by atoms with E-state index in [1.165, 1.54) is 16.8 Å². The summed E-state index contributed by atoms with van der Waals surface area (Å²) in [5, 5.41) is 3.25. The third-order valence-electron chi connectivity index (χ3n) is 4.48. The summed E-state index contributed by atoms with van der Waals surface area (Å²) in [4.78, 5) is 2.27. The molecule has 1 N–H and O–H groups in total. The number of benzene rings is 1. The second kappa shape index (κ2) is 6.55. The number of sulfone groups is 1. The Labute approximate surface area is 133 Å². The first-order valence-corrected chi connectivity index (χ1v) is 9.06. The first-order chi connectivity index (χ1) is 9.56. The molecule has 3 rings (SSSR count). The molecule has 0 spiro atoms. The van der Waals surface area contributed by atoms with E-state index in [2.05, 4.69) is 28.4 Å². The highest BCUT2D eigenvalue weighted by molar-refractivity contribution is 7.92. The molecule has 0 aromatic heterocycles. The number of halogens is 1. The number of fused-ring (bicyclic) bond motifs is 1. The van der Waals surface area contributed by atoms with Crippen molar-refractivity contribution in [2.24, 2.45) is 0 Å². The number of para-hydroxylation sites is 1. The maximum Gasteiger partial charge on any atom is 0.154 e. The van der Waals surface area contributed by atoms with Crippen molar-refractivity contribution in [3.63, 3.8) is 0 Å². The first kappa shape index (κ1) is 16.6. The van der Waals surface area contributed by atoms with E-state index < -0.39 is 9.84 Å². The van der Waals surface area contributed by atoms with Crippen molar-refractivity contribution in [1.29, 1.82) is 0 Å². The molecule has 1 atom stereocenters. The lowest BCUT2D eigenvalue weighted by Crippen LogP contribution is -2.27. The minimum Gasteiger partial charge on any atom is -0.384 e. The Morgan fingerprint density at radius 3 is 2.95 bits per heavy atom. The molecule has 118 valence electrons. The zero-order valence-electron chi connectivity index (χ0n) is 12.3. The van der Waals surface area contributed by atoms with E-state index in [1.54, 1.807) is 0 Å². The molecule has 4 nitrogen and oxygen atoms in total. The summed E-state index contributed by atoms with van der Waals surface area (Å²) < 4.78 is 23.9. The summed E-state index contributed by atoms with van der Waals surface area (Å²) in [7, 11) is -2.89. The predicted molar refractivity (Wildman–Crippen MR) is 89.0 cm³/mol. The minimum absolute atomic E-state index is 0. The van der Waals surface area contributed by atoms with Gasteiger partial charge in [0.05, 0.1) is 11.0 Å². The smallest absolute Gasteiger partial charge is 0.154 e. The van der Waals surface area contributed by atoms with Crippen LogP contribution in [0.4, 0.5) is 5.69 Å². The normalized spacial score (nSPS) is 24.5. The summed E-state index contributed by atoms with van der Waals surface area (Å²) >= 11 is 0. The van der Waals surface area contributed by atoms with Crippen LogP contribution < -0.4 is 5.32 Å². The van der Waals surface area contributed by atoms with Crippen LogP contribution in [-0.4, -0.2) is 44.0 Å². The van der Waals surface area contributed by atoms with Gasteiger partial charge in [0.25, 0.3) is 0 Å². The van der Waals surface area contributed by atoms with Gasteiger partial charge in [0.2, 0.25) is 0 Å². The molecule has 1 unspecified atom stereocenters. The largest absolute Gasteiger partial charge is 0.384 e. The quantitative estimate of drug-likeness (QED) is 0.902. The van der Waals surface area contributed by atoms with Crippen LogP contribution in [-0.2, 0) is 22.8 Å². The van der Waals surface area contributed by atoms with E-state index in [1.807, 2.05) is 6.92 Å². The van der Waals surface area contributed by atoms with Crippen molar-refractivity contribution in [3.8, 4) is 0 Å². The molecular formula is C15H23ClN2O2S. The Bertz CT molecular complexity index is 604. The summed E-state index contributed by atoms with van der Waals surface area (Å²) in [6, 6.07) is 6.44. The number of anilines is 1. The standard InChI is InChI=1S/C15H22N2O2S.ClH/c1-12-6-8-17(9-10-20(12,18)19)11-14-4-2-3-13-5-7-16-15(13)14;/h2-4,12,16H,5-11H2,1H3;1H. The average Bonchev–Trinajstić information content (AvgIpc) is 2.86.